The average molecular weight is 1040 g/mol. The lowest BCUT2D eigenvalue weighted by Gasteiger charge is -2.40. The van der Waals surface area contributed by atoms with Crippen LogP contribution in [0.1, 0.15) is 88.2 Å². The Hall–Kier alpha value is -6.75. The maximum Gasteiger partial charge on any atom is 0.573 e. The average Bonchev–Trinajstić information content (AvgIpc) is 3.98. The first-order valence-electron chi connectivity index (χ1n) is 24.8. The second-order valence-corrected chi connectivity index (χ2v) is 19.3. The van der Waals surface area contributed by atoms with E-state index in [4.69, 9.17) is 0 Å². The van der Waals surface area contributed by atoms with Crippen molar-refractivity contribution in [3.05, 3.63) is 89.8 Å². The highest BCUT2D eigenvalue weighted by molar-refractivity contribution is 5.93. The van der Waals surface area contributed by atoms with Crippen LogP contribution in [0.4, 0.5) is 50.9 Å². The minimum atomic E-state index is -4.81. The van der Waals surface area contributed by atoms with E-state index in [9.17, 15) is 49.1 Å². The molecule has 2 saturated heterocycles. The van der Waals surface area contributed by atoms with E-state index in [1.807, 2.05) is 33.0 Å². The molecule has 1 aliphatic carbocycles. The van der Waals surface area contributed by atoms with E-state index in [0.717, 1.165) is 44.5 Å². The molecule has 74 heavy (non-hydrogen) atoms. The number of ether oxygens (including phenoxy) is 1. The topological polar surface area (TPSA) is 144 Å². The number of benzene rings is 2. The number of pyridine rings is 2. The van der Waals surface area contributed by atoms with Gasteiger partial charge in [-0.15, -0.1) is 33.6 Å². The van der Waals surface area contributed by atoms with Crippen molar-refractivity contribution in [1.82, 2.24) is 49.3 Å². The molecule has 11 rings (SSSR count). The van der Waals surface area contributed by atoms with E-state index < -0.39 is 30.4 Å². The first-order chi connectivity index (χ1) is 35.2. The lowest BCUT2D eigenvalue weighted by molar-refractivity contribution is -0.274. The molecule has 2 amide bonds. The molecule has 24 heteroatoms. The lowest BCUT2D eigenvalue weighted by atomic mass is 9.85. The van der Waals surface area contributed by atoms with Crippen molar-refractivity contribution < 1.29 is 53.8 Å². The summed E-state index contributed by atoms with van der Waals surface area (Å²) in [5.41, 5.74) is 4.64. The fourth-order valence-corrected chi connectivity index (χ4v) is 10.7. The number of carbonyl (C=O) groups is 2. The maximum atomic E-state index is 13.4. The van der Waals surface area contributed by atoms with Crippen molar-refractivity contribution in [3.8, 4) is 5.75 Å². The molecule has 0 radical (unpaired) electrons. The Labute approximate surface area is 419 Å². The van der Waals surface area contributed by atoms with E-state index in [-0.39, 0.29) is 92.2 Å². The number of hydrogen-bond acceptors (Lipinski definition) is 11. The van der Waals surface area contributed by atoms with Gasteiger partial charge >= 0.3 is 18.7 Å². The van der Waals surface area contributed by atoms with Gasteiger partial charge in [0.25, 0.3) is 0 Å². The molecular formula is C50H55F9N12O3. The first kappa shape index (κ1) is 52.1. The normalized spacial score (nSPS) is 21.3. The summed E-state index contributed by atoms with van der Waals surface area (Å²) in [6, 6.07) is 14.4. The Morgan fingerprint density at radius 1 is 0.568 bits per heavy atom. The van der Waals surface area contributed by atoms with Gasteiger partial charge in [0, 0.05) is 105 Å². The van der Waals surface area contributed by atoms with Crippen LogP contribution in [0.2, 0.25) is 0 Å². The monoisotopic (exact) mass is 1040 g/mol. The minimum absolute atomic E-state index is 0.00591. The number of halogens is 9. The number of fused-ring (bicyclic) bond motifs is 4. The van der Waals surface area contributed by atoms with Gasteiger partial charge in [-0.25, -0.2) is 0 Å². The maximum absolute atomic E-state index is 13.4. The molecule has 0 N–H and O–H groups in total. The molecule has 4 aromatic heterocycles. The number of hydrogen-bond donors (Lipinski definition) is 0. The molecular weight excluding hydrogens is 988 g/mol. The predicted octanol–water partition coefficient (Wildman–Crippen LogP) is 9.50. The number of rotatable bonds is 6. The van der Waals surface area contributed by atoms with Gasteiger partial charge in [0.2, 0.25) is 23.5 Å². The summed E-state index contributed by atoms with van der Waals surface area (Å²) >= 11 is 0. The molecule has 1 saturated carbocycles. The third-order valence-electron chi connectivity index (χ3n) is 14.5. The van der Waals surface area contributed by atoms with E-state index in [1.54, 1.807) is 11.0 Å². The number of piperidine rings is 2. The van der Waals surface area contributed by atoms with Gasteiger partial charge in [-0.1, -0.05) is 39.8 Å². The van der Waals surface area contributed by atoms with Crippen molar-refractivity contribution in [1.29, 1.82) is 0 Å². The smallest absolute Gasteiger partial charge is 0.406 e. The third-order valence-corrected chi connectivity index (χ3v) is 14.5. The predicted molar refractivity (Wildman–Crippen MR) is 253 cm³/mol. The van der Waals surface area contributed by atoms with Gasteiger partial charge in [0.1, 0.15) is 5.75 Å². The van der Waals surface area contributed by atoms with Crippen molar-refractivity contribution in [2.24, 2.45) is 23.7 Å². The number of amides is 2. The van der Waals surface area contributed by atoms with Gasteiger partial charge in [0.05, 0.1) is 24.1 Å². The molecule has 4 aliphatic heterocycles. The van der Waals surface area contributed by atoms with Crippen LogP contribution >= 0.6 is 0 Å². The summed E-state index contributed by atoms with van der Waals surface area (Å²) in [6.45, 7) is 10.9. The number of anilines is 2. The van der Waals surface area contributed by atoms with Crippen LogP contribution in [-0.2, 0) is 48.1 Å². The summed E-state index contributed by atoms with van der Waals surface area (Å²) < 4.78 is 122. The molecule has 0 spiro atoms. The van der Waals surface area contributed by atoms with E-state index in [1.165, 1.54) is 47.7 Å². The highest BCUT2D eigenvalue weighted by Gasteiger charge is 2.43. The molecule has 0 unspecified atom stereocenters. The lowest BCUT2D eigenvalue weighted by Crippen LogP contribution is -2.49. The highest BCUT2D eigenvalue weighted by Crippen LogP contribution is 2.42. The molecule has 3 fully saturated rings. The Morgan fingerprint density at radius 3 is 1.46 bits per heavy atom. The molecule has 4 atom stereocenters. The Bertz CT molecular complexity index is 3010. The number of alkyl halides is 9. The van der Waals surface area contributed by atoms with Crippen molar-refractivity contribution in [3.63, 3.8) is 0 Å². The quantitative estimate of drug-likeness (QED) is 0.147. The van der Waals surface area contributed by atoms with Crippen molar-refractivity contribution in [2.45, 2.75) is 104 Å². The van der Waals surface area contributed by atoms with Gasteiger partial charge in [-0.3, -0.25) is 19.6 Å². The Balaban J connectivity index is 0.000000176. The summed E-state index contributed by atoms with van der Waals surface area (Å²) in [6.07, 6.45) is -6.88. The van der Waals surface area contributed by atoms with Gasteiger partial charge < -0.3 is 33.5 Å². The van der Waals surface area contributed by atoms with Gasteiger partial charge in [-0.05, 0) is 79.3 Å². The molecule has 396 valence electrons. The molecule has 0 bridgehead atoms. The molecule has 2 aromatic carbocycles. The Kier molecular flexibility index (Phi) is 14.5. The number of nitrogens with zero attached hydrogens (tertiary/aromatic N) is 12. The largest absolute Gasteiger partial charge is 0.573 e. The zero-order valence-electron chi connectivity index (χ0n) is 41.1. The zero-order valence-corrected chi connectivity index (χ0v) is 41.1. The van der Waals surface area contributed by atoms with Crippen LogP contribution in [0.5, 0.6) is 5.75 Å². The standard InChI is InChI=1S/C25H27F3N6O.C23H22F6N6O2.C2H6/c1-15-13-32(21-6-8-29-20-12-17(16-2-3-16)4-5-19(20)21)9-7-18(15)23(35)33-10-11-34-22(14-33)30-31-24(34)25(26,27)28;1-13-11-33(18-4-6-30-17-10-14(2-3-16(17)18)37-23(27,28)29)7-5-15(13)20(36)34-8-9-35-19(12-34)31-32-21(35)22(24,25)26;1-2/h4-6,8,12,15-16,18H,2-3,7,9-11,13-14H2,1H3;2-4,6,10,13,15H,5,7-9,11-12H2,1H3;1-2H3/t15-,18+;13-,15+;/m11./s1. The van der Waals surface area contributed by atoms with Crippen molar-refractivity contribution >= 4 is 45.0 Å². The van der Waals surface area contributed by atoms with Crippen molar-refractivity contribution in [2.75, 3.05) is 49.1 Å². The second-order valence-electron chi connectivity index (χ2n) is 19.3. The molecule has 5 aliphatic rings. The minimum Gasteiger partial charge on any atom is -0.406 e. The van der Waals surface area contributed by atoms with Gasteiger partial charge in [0.15, 0.2) is 11.6 Å². The summed E-state index contributed by atoms with van der Waals surface area (Å²) in [4.78, 5) is 43.0. The van der Waals surface area contributed by atoms with Crippen LogP contribution in [-0.4, -0.2) is 107 Å². The molecule has 6 aromatic rings. The fraction of sp³-hybridized carbons (Fsp3) is 0.520. The highest BCUT2D eigenvalue weighted by atomic mass is 19.4. The number of aromatic nitrogens is 8. The third kappa shape index (κ3) is 10.9. The van der Waals surface area contributed by atoms with Crippen LogP contribution in [0, 0.1) is 23.7 Å². The fourth-order valence-electron chi connectivity index (χ4n) is 10.7. The van der Waals surface area contributed by atoms with E-state index in [0.29, 0.717) is 42.8 Å². The summed E-state index contributed by atoms with van der Waals surface area (Å²) in [7, 11) is 0. The van der Waals surface area contributed by atoms with E-state index in [2.05, 4.69) is 70.0 Å². The molecule has 15 nitrogen and oxygen atoms in total. The van der Waals surface area contributed by atoms with Crippen LogP contribution < -0.4 is 14.5 Å². The van der Waals surface area contributed by atoms with Crippen LogP contribution in [0.15, 0.2) is 60.9 Å². The summed E-state index contributed by atoms with van der Waals surface area (Å²) in [5.74, 6) is -2.05. The van der Waals surface area contributed by atoms with Gasteiger partial charge in [-0.2, -0.15) is 26.3 Å². The van der Waals surface area contributed by atoms with Crippen LogP contribution in [0.3, 0.4) is 0 Å². The zero-order chi connectivity index (χ0) is 52.9. The second kappa shape index (κ2) is 20.5. The van der Waals surface area contributed by atoms with Crippen LogP contribution in [0.25, 0.3) is 21.8 Å². The Morgan fingerprint density at radius 2 is 1.03 bits per heavy atom. The SMILES string of the molecule is CC.C[C@@H]1CN(c2ccnc3cc(C4CC4)ccc23)CC[C@@H]1C(=O)N1CCn2c(nnc2C(F)(F)F)C1.C[C@@H]1CN(c2ccnc3cc(OC(F)(F)F)ccc23)CC[C@@H]1C(=O)N1CCn2c(nnc2C(F)(F)F)C1. The molecule has 8 heterocycles. The van der Waals surface area contributed by atoms with E-state index >= 15 is 0 Å². The summed E-state index contributed by atoms with van der Waals surface area (Å²) in [5, 5.41) is 15.7. The number of carbonyl (C=O) groups excluding carboxylic acids is 2. The first-order valence-corrected chi connectivity index (χ1v) is 24.8.